The number of anilines is 1. The third kappa shape index (κ3) is 6.19. The molecule has 3 aliphatic rings. The fourth-order valence-corrected chi connectivity index (χ4v) is 8.79. The number of sulfonamides is 1. The summed E-state index contributed by atoms with van der Waals surface area (Å²) in [4.78, 5) is 37.4. The number of likely N-dealkylation sites (tertiary alicyclic amines) is 2. The number of methoxy groups -OCH3 is 1. The molecule has 258 valence electrons. The monoisotopic (exact) mass is 687 g/mol. The fourth-order valence-electron chi connectivity index (χ4n) is 7.34. The molecule has 0 radical (unpaired) electrons. The Morgan fingerprint density at radius 1 is 0.980 bits per heavy atom. The first-order valence-corrected chi connectivity index (χ1v) is 18.2. The SMILES string of the molecule is CCOc1ncccc1C1(OC(=O)N2CCC(C3CCN(CC)CC3)CC2)C(=O)N(S(=O)(=O)c2ccc(OC)cc2)c2ccc(C#N)cc21. The first-order valence-electron chi connectivity index (χ1n) is 16.7. The number of carbonyl (C=O) groups excluding carboxylic acids is 2. The number of nitrogens with zero attached hydrogens (tertiary/aromatic N) is 5. The minimum Gasteiger partial charge on any atom is -0.497 e. The van der Waals surface area contributed by atoms with Crippen LogP contribution in [-0.4, -0.2) is 81.6 Å². The highest BCUT2D eigenvalue weighted by molar-refractivity contribution is 7.93. The number of hydrogen-bond acceptors (Lipinski definition) is 10. The number of aromatic nitrogens is 1. The molecule has 6 rings (SSSR count). The number of rotatable bonds is 9. The van der Waals surface area contributed by atoms with Crippen molar-refractivity contribution in [2.75, 3.05) is 50.7 Å². The van der Waals surface area contributed by atoms with Crippen molar-refractivity contribution in [3.8, 4) is 17.7 Å². The van der Waals surface area contributed by atoms with Crippen molar-refractivity contribution in [1.29, 1.82) is 5.26 Å². The molecule has 2 fully saturated rings. The van der Waals surface area contributed by atoms with Gasteiger partial charge in [-0.25, -0.2) is 18.2 Å². The van der Waals surface area contributed by atoms with E-state index < -0.39 is 27.6 Å². The molecule has 0 N–H and O–H groups in total. The summed E-state index contributed by atoms with van der Waals surface area (Å²) in [6.07, 6.45) is 4.58. The van der Waals surface area contributed by atoms with E-state index in [1.54, 1.807) is 17.9 Å². The highest BCUT2D eigenvalue weighted by Gasteiger charge is 2.61. The van der Waals surface area contributed by atoms with Gasteiger partial charge in [-0.05, 0) is 119 Å². The average molecular weight is 688 g/mol. The maximum Gasteiger partial charge on any atom is 0.411 e. The van der Waals surface area contributed by atoms with Crippen molar-refractivity contribution in [2.24, 2.45) is 11.8 Å². The van der Waals surface area contributed by atoms with Crippen molar-refractivity contribution < 1.29 is 32.2 Å². The predicted octanol–water partition coefficient (Wildman–Crippen LogP) is 4.92. The fraction of sp³-hybridized carbons (Fsp3) is 0.444. The molecule has 1 aromatic heterocycles. The van der Waals surface area contributed by atoms with E-state index >= 15 is 0 Å². The first-order chi connectivity index (χ1) is 23.7. The van der Waals surface area contributed by atoms with Crippen LogP contribution in [0.5, 0.6) is 11.6 Å². The van der Waals surface area contributed by atoms with E-state index in [1.807, 2.05) is 0 Å². The molecule has 0 bridgehead atoms. The molecule has 4 heterocycles. The summed E-state index contributed by atoms with van der Waals surface area (Å²) >= 11 is 0. The highest BCUT2D eigenvalue weighted by atomic mass is 32.2. The van der Waals surface area contributed by atoms with Crippen molar-refractivity contribution in [3.63, 3.8) is 0 Å². The maximum absolute atomic E-state index is 15.0. The first kappa shape index (κ1) is 34.2. The molecule has 2 saturated heterocycles. The molecule has 2 aromatic carbocycles. The second-order valence-electron chi connectivity index (χ2n) is 12.5. The zero-order valence-electron chi connectivity index (χ0n) is 28.0. The van der Waals surface area contributed by atoms with Gasteiger partial charge >= 0.3 is 6.09 Å². The van der Waals surface area contributed by atoms with Crippen LogP contribution >= 0.6 is 0 Å². The quantitative estimate of drug-likeness (QED) is 0.304. The Balaban J connectivity index is 1.40. The van der Waals surface area contributed by atoms with Crippen LogP contribution in [-0.2, 0) is 25.2 Å². The van der Waals surface area contributed by atoms with Crippen LogP contribution in [0.2, 0.25) is 0 Å². The molecule has 1 unspecified atom stereocenters. The Hall–Kier alpha value is -4.67. The summed E-state index contributed by atoms with van der Waals surface area (Å²) in [6.45, 7) is 8.19. The summed E-state index contributed by atoms with van der Waals surface area (Å²) in [5.41, 5.74) is -2.16. The summed E-state index contributed by atoms with van der Waals surface area (Å²) in [7, 11) is -3.10. The summed E-state index contributed by atoms with van der Waals surface area (Å²) in [5.74, 6) is 0.465. The zero-order chi connectivity index (χ0) is 34.8. The van der Waals surface area contributed by atoms with Crippen LogP contribution in [0, 0.1) is 23.2 Å². The lowest BCUT2D eigenvalue weighted by atomic mass is 9.79. The Morgan fingerprint density at radius 2 is 1.65 bits per heavy atom. The molecular formula is C36H41N5O7S. The molecule has 49 heavy (non-hydrogen) atoms. The number of piperidine rings is 2. The Morgan fingerprint density at radius 3 is 2.27 bits per heavy atom. The van der Waals surface area contributed by atoms with E-state index in [-0.39, 0.29) is 39.8 Å². The topological polar surface area (TPSA) is 142 Å². The lowest BCUT2D eigenvalue weighted by Crippen LogP contribution is -2.50. The normalized spacial score (nSPS) is 20.5. The van der Waals surface area contributed by atoms with E-state index in [1.165, 1.54) is 61.8 Å². The molecule has 1 atom stereocenters. The van der Waals surface area contributed by atoms with Crippen LogP contribution < -0.4 is 13.8 Å². The van der Waals surface area contributed by atoms with Crippen molar-refractivity contribution in [1.82, 2.24) is 14.8 Å². The number of ether oxygens (including phenoxy) is 3. The van der Waals surface area contributed by atoms with Gasteiger partial charge in [-0.1, -0.05) is 6.92 Å². The molecule has 12 nitrogen and oxygen atoms in total. The molecule has 13 heteroatoms. The highest BCUT2D eigenvalue weighted by Crippen LogP contribution is 2.51. The van der Waals surface area contributed by atoms with Gasteiger partial charge in [0.1, 0.15) is 5.75 Å². The Bertz CT molecular complexity index is 1850. The minimum absolute atomic E-state index is 0.000265. The van der Waals surface area contributed by atoms with Crippen LogP contribution in [0.1, 0.15) is 56.2 Å². The molecule has 2 amide bonds. The van der Waals surface area contributed by atoms with Gasteiger partial charge < -0.3 is 24.0 Å². The van der Waals surface area contributed by atoms with Gasteiger partial charge in [-0.3, -0.25) is 4.79 Å². The van der Waals surface area contributed by atoms with Crippen molar-refractivity contribution in [2.45, 2.75) is 50.0 Å². The molecule has 0 spiro atoms. The smallest absolute Gasteiger partial charge is 0.411 e. The predicted molar refractivity (Wildman–Crippen MR) is 181 cm³/mol. The average Bonchev–Trinajstić information content (AvgIpc) is 3.39. The lowest BCUT2D eigenvalue weighted by molar-refractivity contribution is -0.132. The van der Waals surface area contributed by atoms with E-state index in [9.17, 15) is 23.3 Å². The number of benzene rings is 2. The molecule has 0 saturated carbocycles. The van der Waals surface area contributed by atoms with E-state index in [4.69, 9.17) is 14.2 Å². The second kappa shape index (κ2) is 14.1. The van der Waals surface area contributed by atoms with Gasteiger partial charge in [0.25, 0.3) is 21.5 Å². The largest absolute Gasteiger partial charge is 0.497 e. The van der Waals surface area contributed by atoms with Gasteiger partial charge in [0, 0.05) is 24.8 Å². The number of amides is 2. The van der Waals surface area contributed by atoms with Crippen molar-refractivity contribution in [3.05, 3.63) is 77.5 Å². The minimum atomic E-state index is -4.56. The Kier molecular flexibility index (Phi) is 9.81. The van der Waals surface area contributed by atoms with Gasteiger partial charge in [0.15, 0.2) is 0 Å². The second-order valence-corrected chi connectivity index (χ2v) is 14.3. The molecule has 0 aliphatic carbocycles. The number of hydrogen-bond donors (Lipinski definition) is 0. The summed E-state index contributed by atoms with van der Waals surface area (Å²) < 4.78 is 46.6. The van der Waals surface area contributed by atoms with Gasteiger partial charge in [0.2, 0.25) is 5.88 Å². The Labute approximate surface area is 287 Å². The summed E-state index contributed by atoms with van der Waals surface area (Å²) in [5, 5.41) is 9.88. The van der Waals surface area contributed by atoms with Gasteiger partial charge in [0.05, 0.1) is 41.5 Å². The van der Waals surface area contributed by atoms with Gasteiger partial charge in [-0.2, -0.15) is 9.57 Å². The van der Waals surface area contributed by atoms with E-state index in [0.29, 0.717) is 35.0 Å². The van der Waals surface area contributed by atoms with Crippen molar-refractivity contribution >= 4 is 27.7 Å². The molecular weight excluding hydrogens is 646 g/mol. The van der Waals surface area contributed by atoms with Crippen LogP contribution in [0.4, 0.5) is 10.5 Å². The van der Waals surface area contributed by atoms with E-state index in [0.717, 1.165) is 45.3 Å². The van der Waals surface area contributed by atoms with Crippen LogP contribution in [0.15, 0.2) is 65.7 Å². The molecule has 3 aromatic rings. The van der Waals surface area contributed by atoms with Gasteiger partial charge in [-0.15, -0.1) is 0 Å². The third-order valence-electron chi connectivity index (χ3n) is 10.0. The number of nitriles is 1. The number of pyridine rings is 1. The molecule has 3 aliphatic heterocycles. The lowest BCUT2D eigenvalue weighted by Gasteiger charge is -2.40. The zero-order valence-corrected chi connectivity index (χ0v) is 28.8. The van der Waals surface area contributed by atoms with Crippen LogP contribution in [0.25, 0.3) is 0 Å². The third-order valence-corrected chi connectivity index (χ3v) is 11.7. The number of fused-ring (bicyclic) bond motifs is 1. The maximum atomic E-state index is 15.0. The summed E-state index contributed by atoms with van der Waals surface area (Å²) in [6, 6.07) is 15.0. The number of carbonyl (C=O) groups is 2. The standard InChI is InChI=1S/C36H41N5O7S/c1-4-39-19-14-26(15-20-39)27-16-21-40(22-17-27)35(43)48-36(30-7-6-18-38-33(30)47-5-2)31-23-25(24-37)8-13-32(31)41(34(36)42)49(44,45)29-11-9-28(46-3)10-12-29/h6-13,18,23,26-27H,4-5,14-17,19-22H2,1-3H3. The van der Waals surface area contributed by atoms with E-state index in [2.05, 4.69) is 22.9 Å². The van der Waals surface area contributed by atoms with Crippen LogP contribution in [0.3, 0.4) is 0 Å².